The van der Waals surface area contributed by atoms with Gasteiger partial charge >= 0.3 is 0 Å². The first kappa shape index (κ1) is 20.3. The summed E-state index contributed by atoms with van der Waals surface area (Å²) in [4.78, 5) is 19.3. The highest BCUT2D eigenvalue weighted by molar-refractivity contribution is 7.99. The lowest BCUT2D eigenvalue weighted by molar-refractivity contribution is -0.113. The van der Waals surface area contributed by atoms with E-state index in [1.54, 1.807) is 0 Å². The standard InChI is InChI=1S/C22H31N5OS/c28-21(16-29-22-24-20(25-26-22)15-17-7-3-4-8-17)23-18-9-11-19(12-10-18)27-13-5-1-2-6-14-27/h9-12,17H,1-8,13-16H2,(H,23,28)(H,24,25,26). The van der Waals surface area contributed by atoms with E-state index in [2.05, 4.69) is 37.5 Å². The molecule has 2 fully saturated rings. The molecule has 2 aliphatic rings. The number of carbonyl (C=O) groups excluding carboxylic acids is 1. The van der Waals surface area contributed by atoms with Crippen LogP contribution in [0.5, 0.6) is 0 Å². The van der Waals surface area contributed by atoms with Gasteiger partial charge in [0.05, 0.1) is 5.75 Å². The first-order valence-electron chi connectivity index (χ1n) is 11.0. The van der Waals surface area contributed by atoms with Crippen molar-refractivity contribution >= 4 is 29.0 Å². The molecule has 0 bridgehead atoms. The second kappa shape index (κ2) is 10.1. The van der Waals surface area contributed by atoms with E-state index in [9.17, 15) is 4.79 Å². The number of aromatic nitrogens is 3. The average Bonchev–Trinajstić information content (AvgIpc) is 3.33. The van der Waals surface area contributed by atoms with Gasteiger partial charge in [-0.15, -0.1) is 5.10 Å². The van der Waals surface area contributed by atoms with E-state index in [0.29, 0.717) is 10.9 Å². The number of rotatable bonds is 7. The number of hydrogen-bond acceptors (Lipinski definition) is 5. The molecule has 1 aromatic carbocycles. The van der Waals surface area contributed by atoms with Gasteiger partial charge in [0.2, 0.25) is 11.1 Å². The molecule has 1 aromatic heterocycles. The predicted octanol–water partition coefficient (Wildman–Crippen LogP) is 4.65. The van der Waals surface area contributed by atoms with Crippen LogP contribution >= 0.6 is 11.8 Å². The number of anilines is 2. The van der Waals surface area contributed by atoms with Gasteiger partial charge in [-0.3, -0.25) is 9.89 Å². The van der Waals surface area contributed by atoms with Crippen molar-refractivity contribution in [2.75, 3.05) is 29.1 Å². The lowest BCUT2D eigenvalue weighted by Crippen LogP contribution is -2.23. The predicted molar refractivity (Wildman–Crippen MR) is 119 cm³/mol. The zero-order valence-corrected chi connectivity index (χ0v) is 17.8. The lowest BCUT2D eigenvalue weighted by Gasteiger charge is -2.22. The Hall–Kier alpha value is -2.02. The largest absolute Gasteiger partial charge is 0.372 e. The Kier molecular flexibility index (Phi) is 7.09. The normalized spacial score (nSPS) is 18.0. The molecule has 0 unspecified atom stereocenters. The fourth-order valence-corrected chi connectivity index (χ4v) is 4.95. The third-order valence-electron chi connectivity index (χ3n) is 5.92. The van der Waals surface area contributed by atoms with Crippen LogP contribution in [0.15, 0.2) is 29.4 Å². The van der Waals surface area contributed by atoms with Gasteiger partial charge in [0.15, 0.2) is 0 Å². The number of amides is 1. The number of benzene rings is 1. The summed E-state index contributed by atoms with van der Waals surface area (Å²) in [6, 6.07) is 8.21. The zero-order valence-electron chi connectivity index (χ0n) is 17.0. The highest BCUT2D eigenvalue weighted by atomic mass is 32.2. The van der Waals surface area contributed by atoms with E-state index in [1.165, 1.54) is 68.8 Å². The zero-order chi connectivity index (χ0) is 19.9. The van der Waals surface area contributed by atoms with Gasteiger partial charge in [-0.2, -0.15) is 0 Å². The molecule has 0 radical (unpaired) electrons. The van der Waals surface area contributed by atoms with Gasteiger partial charge in [0.1, 0.15) is 5.82 Å². The lowest BCUT2D eigenvalue weighted by atomic mass is 10.0. The Labute approximate surface area is 177 Å². The van der Waals surface area contributed by atoms with E-state index in [-0.39, 0.29) is 5.91 Å². The van der Waals surface area contributed by atoms with E-state index >= 15 is 0 Å². The molecule has 1 saturated heterocycles. The summed E-state index contributed by atoms with van der Waals surface area (Å²) < 4.78 is 0. The quantitative estimate of drug-likeness (QED) is 0.647. The van der Waals surface area contributed by atoms with Crippen molar-refractivity contribution in [3.63, 3.8) is 0 Å². The first-order valence-corrected chi connectivity index (χ1v) is 11.9. The SMILES string of the molecule is O=C(CSc1n[nH]c(CC2CCCC2)n1)Nc1ccc(N2CCCCCC2)cc1. The van der Waals surface area contributed by atoms with Crippen LogP contribution in [0, 0.1) is 5.92 Å². The van der Waals surface area contributed by atoms with E-state index < -0.39 is 0 Å². The number of carbonyl (C=O) groups is 1. The Morgan fingerprint density at radius 1 is 1.07 bits per heavy atom. The summed E-state index contributed by atoms with van der Waals surface area (Å²) >= 11 is 1.38. The van der Waals surface area contributed by atoms with Crippen molar-refractivity contribution in [1.82, 2.24) is 15.2 Å². The van der Waals surface area contributed by atoms with Crippen molar-refractivity contribution < 1.29 is 4.79 Å². The molecule has 0 atom stereocenters. The summed E-state index contributed by atoms with van der Waals surface area (Å²) in [6.45, 7) is 2.25. The smallest absolute Gasteiger partial charge is 0.234 e. The maximum atomic E-state index is 12.3. The highest BCUT2D eigenvalue weighted by Gasteiger charge is 2.17. The van der Waals surface area contributed by atoms with Gasteiger partial charge < -0.3 is 10.2 Å². The van der Waals surface area contributed by atoms with Crippen LogP contribution in [0.25, 0.3) is 0 Å². The van der Waals surface area contributed by atoms with Crippen LogP contribution in [-0.4, -0.2) is 39.9 Å². The highest BCUT2D eigenvalue weighted by Crippen LogP contribution is 2.27. The second-order valence-electron chi connectivity index (χ2n) is 8.20. The van der Waals surface area contributed by atoms with Crippen molar-refractivity contribution in [2.24, 2.45) is 5.92 Å². The number of nitrogens with one attached hydrogen (secondary N) is 2. The summed E-state index contributed by atoms with van der Waals surface area (Å²) in [5, 5.41) is 10.9. The van der Waals surface area contributed by atoms with Gasteiger partial charge in [-0.05, 0) is 43.0 Å². The maximum Gasteiger partial charge on any atom is 0.234 e. The summed E-state index contributed by atoms with van der Waals surface area (Å²) in [6.07, 6.45) is 11.4. The van der Waals surface area contributed by atoms with E-state index in [0.717, 1.165) is 36.9 Å². The first-order chi connectivity index (χ1) is 14.3. The minimum atomic E-state index is -0.0281. The number of nitrogens with zero attached hydrogens (tertiary/aromatic N) is 3. The van der Waals surface area contributed by atoms with Gasteiger partial charge in [-0.25, -0.2) is 4.98 Å². The molecule has 2 heterocycles. The minimum absolute atomic E-state index is 0.0281. The fourth-order valence-electron chi connectivity index (χ4n) is 4.33. The number of hydrogen-bond donors (Lipinski definition) is 2. The maximum absolute atomic E-state index is 12.3. The van der Waals surface area contributed by atoms with Gasteiger partial charge in [0, 0.05) is 30.9 Å². The molecule has 0 spiro atoms. The molecule has 4 rings (SSSR count). The van der Waals surface area contributed by atoms with Crippen LogP contribution in [0.1, 0.15) is 57.2 Å². The van der Waals surface area contributed by atoms with Crippen molar-refractivity contribution in [3.05, 3.63) is 30.1 Å². The number of aromatic amines is 1. The average molecular weight is 414 g/mol. The van der Waals surface area contributed by atoms with Crippen molar-refractivity contribution in [2.45, 2.75) is 62.9 Å². The molecule has 6 nitrogen and oxygen atoms in total. The molecule has 2 N–H and O–H groups in total. The second-order valence-corrected chi connectivity index (χ2v) is 9.15. The van der Waals surface area contributed by atoms with Crippen molar-refractivity contribution in [1.29, 1.82) is 0 Å². The third kappa shape index (κ3) is 5.98. The molecule has 1 aliphatic heterocycles. The Balaban J connectivity index is 1.22. The van der Waals surface area contributed by atoms with Crippen LogP contribution in [0.3, 0.4) is 0 Å². The summed E-state index contributed by atoms with van der Waals surface area (Å²) in [7, 11) is 0. The molecule has 2 aromatic rings. The molecule has 29 heavy (non-hydrogen) atoms. The number of thioether (sulfide) groups is 1. The van der Waals surface area contributed by atoms with E-state index in [1.807, 2.05) is 12.1 Å². The Morgan fingerprint density at radius 3 is 2.52 bits per heavy atom. The monoisotopic (exact) mass is 413 g/mol. The van der Waals surface area contributed by atoms with Crippen LogP contribution in [0.2, 0.25) is 0 Å². The molecule has 7 heteroatoms. The van der Waals surface area contributed by atoms with Crippen LogP contribution < -0.4 is 10.2 Å². The Morgan fingerprint density at radius 2 is 1.79 bits per heavy atom. The van der Waals surface area contributed by atoms with Crippen molar-refractivity contribution in [3.8, 4) is 0 Å². The topological polar surface area (TPSA) is 73.9 Å². The fraction of sp³-hybridized carbons (Fsp3) is 0.591. The van der Waals surface area contributed by atoms with Gasteiger partial charge in [-0.1, -0.05) is 50.3 Å². The third-order valence-corrected chi connectivity index (χ3v) is 6.77. The number of H-pyrrole nitrogens is 1. The minimum Gasteiger partial charge on any atom is -0.372 e. The molecule has 1 saturated carbocycles. The molecule has 1 amide bonds. The summed E-state index contributed by atoms with van der Waals surface area (Å²) in [5.41, 5.74) is 2.08. The van der Waals surface area contributed by atoms with Gasteiger partial charge in [0.25, 0.3) is 0 Å². The molecular weight excluding hydrogens is 382 g/mol. The van der Waals surface area contributed by atoms with E-state index in [4.69, 9.17) is 0 Å². The molecular formula is C22H31N5OS. The molecule has 1 aliphatic carbocycles. The van der Waals surface area contributed by atoms with Crippen LogP contribution in [0.4, 0.5) is 11.4 Å². The Bertz CT molecular complexity index is 777. The summed E-state index contributed by atoms with van der Waals surface area (Å²) in [5.74, 6) is 1.97. The molecule has 156 valence electrons. The van der Waals surface area contributed by atoms with Crippen LogP contribution in [-0.2, 0) is 11.2 Å².